The van der Waals surface area contributed by atoms with Crippen LogP contribution in [0.5, 0.6) is 0 Å². The van der Waals surface area contributed by atoms with Gasteiger partial charge in [0.05, 0.1) is 0 Å². The summed E-state index contributed by atoms with van der Waals surface area (Å²) in [6, 6.07) is 0. The fourth-order valence-corrected chi connectivity index (χ4v) is 3.98. The molecule has 2 atom stereocenters. The van der Waals surface area contributed by atoms with E-state index in [2.05, 4.69) is 12.2 Å². The summed E-state index contributed by atoms with van der Waals surface area (Å²) in [6.45, 7) is 3.53. The molecule has 2 unspecified atom stereocenters. The lowest BCUT2D eigenvalue weighted by molar-refractivity contribution is -0.165. The minimum absolute atomic E-state index is 0.0877. The van der Waals surface area contributed by atoms with Crippen molar-refractivity contribution in [3.05, 3.63) is 0 Å². The number of carboxylic acid groups (broad SMARTS) is 1. The summed E-state index contributed by atoms with van der Waals surface area (Å²) in [5.41, 5.74) is 2.53. The van der Waals surface area contributed by atoms with Gasteiger partial charge in [-0.05, 0) is 19.3 Å². The Morgan fingerprint density at radius 2 is 1.27 bits per heavy atom. The lowest BCUT2D eigenvalue weighted by Crippen LogP contribution is -2.54. The first-order chi connectivity index (χ1) is 17.6. The van der Waals surface area contributed by atoms with Crippen LogP contribution in [-0.4, -0.2) is 47.9 Å². The average Bonchev–Trinajstić information content (AvgIpc) is 2.83. The number of esters is 1. The Morgan fingerprint density at radius 3 is 1.70 bits per heavy atom. The summed E-state index contributed by atoms with van der Waals surface area (Å²) >= 11 is 0. The van der Waals surface area contributed by atoms with Gasteiger partial charge in [0.2, 0.25) is 6.29 Å². The Kier molecular flexibility index (Phi) is 20.9. The van der Waals surface area contributed by atoms with E-state index in [1.807, 2.05) is 0 Å². The van der Waals surface area contributed by atoms with E-state index in [1.54, 1.807) is 0 Å². The first kappa shape index (κ1) is 35.0. The molecule has 0 aromatic heterocycles. The van der Waals surface area contributed by atoms with Gasteiger partial charge >= 0.3 is 18.0 Å². The topological polar surface area (TPSA) is 128 Å². The first-order valence-corrected chi connectivity index (χ1v) is 14.1. The minimum atomic E-state index is -3.24. The van der Waals surface area contributed by atoms with E-state index in [0.717, 1.165) is 12.8 Å². The maximum Gasteiger partial charge on any atom is 0.410 e. The number of rotatable bonds is 24. The van der Waals surface area contributed by atoms with Gasteiger partial charge in [-0.3, -0.25) is 4.79 Å². The summed E-state index contributed by atoms with van der Waals surface area (Å²) in [6.07, 6.45) is 12.9. The second-order valence-electron chi connectivity index (χ2n) is 9.84. The number of hydrogen-bond donors (Lipinski definition) is 3. The van der Waals surface area contributed by atoms with Crippen molar-refractivity contribution in [3.8, 4) is 0 Å². The first-order valence-electron chi connectivity index (χ1n) is 14.1. The zero-order valence-electron chi connectivity index (χ0n) is 22.9. The number of alkyl halides is 2. The van der Waals surface area contributed by atoms with Gasteiger partial charge in [0.1, 0.15) is 0 Å². The molecule has 0 saturated carbocycles. The number of hydrogen-bond acceptors (Lipinski definition) is 6. The second-order valence-corrected chi connectivity index (χ2v) is 9.84. The molecule has 4 N–H and O–H groups in total. The van der Waals surface area contributed by atoms with E-state index in [0.29, 0.717) is 6.42 Å². The van der Waals surface area contributed by atoms with E-state index in [9.17, 15) is 23.2 Å². The predicted molar refractivity (Wildman–Crippen MR) is 139 cm³/mol. The molecule has 37 heavy (non-hydrogen) atoms. The largest absolute Gasteiger partial charge is 0.480 e. The third kappa shape index (κ3) is 18.9. The van der Waals surface area contributed by atoms with E-state index < -0.39 is 42.7 Å². The van der Waals surface area contributed by atoms with Crippen molar-refractivity contribution in [2.24, 2.45) is 5.73 Å². The number of amides is 1. The van der Waals surface area contributed by atoms with Crippen LogP contribution in [0.3, 0.4) is 0 Å². The summed E-state index contributed by atoms with van der Waals surface area (Å²) in [5, 5.41) is 11.1. The van der Waals surface area contributed by atoms with Gasteiger partial charge in [-0.1, -0.05) is 96.8 Å². The zero-order valence-corrected chi connectivity index (χ0v) is 22.9. The van der Waals surface area contributed by atoms with Gasteiger partial charge < -0.3 is 25.6 Å². The van der Waals surface area contributed by atoms with Crippen molar-refractivity contribution in [2.75, 3.05) is 6.54 Å². The number of ether oxygens (including phenoxy) is 2. The number of halogens is 2. The summed E-state index contributed by atoms with van der Waals surface area (Å²) < 4.78 is 35.6. The van der Waals surface area contributed by atoms with Gasteiger partial charge in [0.25, 0.3) is 6.43 Å². The lowest BCUT2D eigenvalue weighted by Gasteiger charge is -2.23. The molecule has 0 fully saturated rings. The maximum atomic E-state index is 12.8. The van der Waals surface area contributed by atoms with E-state index in [1.165, 1.54) is 84.0 Å². The minimum Gasteiger partial charge on any atom is -0.480 e. The monoisotopic (exact) mass is 536 g/mol. The molecule has 0 aromatic carbocycles. The summed E-state index contributed by atoms with van der Waals surface area (Å²) in [4.78, 5) is 34.5. The highest BCUT2D eigenvalue weighted by Crippen LogP contribution is 2.19. The fourth-order valence-electron chi connectivity index (χ4n) is 3.98. The maximum absolute atomic E-state index is 12.8. The van der Waals surface area contributed by atoms with Crippen molar-refractivity contribution in [3.63, 3.8) is 0 Å². The van der Waals surface area contributed by atoms with Gasteiger partial charge in [-0.25, -0.2) is 18.4 Å². The van der Waals surface area contributed by atoms with Crippen molar-refractivity contribution in [1.82, 2.24) is 5.32 Å². The molecule has 10 heteroatoms. The van der Waals surface area contributed by atoms with Gasteiger partial charge in [0, 0.05) is 19.9 Å². The molecule has 8 nitrogen and oxygen atoms in total. The number of nitrogens with two attached hydrogens (primary N) is 1. The Bertz CT molecular complexity index is 624. The molecule has 0 aromatic rings. The smallest absolute Gasteiger partial charge is 0.410 e. The number of unbranched alkanes of at least 4 members (excludes halogenated alkanes) is 14. The van der Waals surface area contributed by atoms with Gasteiger partial charge in [0.15, 0.2) is 5.54 Å². The highest BCUT2D eigenvalue weighted by molar-refractivity contribution is 5.79. The molecule has 0 spiro atoms. The number of carboxylic acids is 1. The zero-order chi connectivity index (χ0) is 27.9. The summed E-state index contributed by atoms with van der Waals surface area (Å²) in [5.74, 6) is -2.26. The predicted octanol–water partition coefficient (Wildman–Crippen LogP) is 6.69. The molecule has 0 rings (SSSR count). The molecule has 218 valence electrons. The highest BCUT2D eigenvalue weighted by atomic mass is 19.3. The second kappa shape index (κ2) is 22.1. The average molecular weight is 537 g/mol. The number of nitrogens with one attached hydrogen (secondary N) is 1. The quantitative estimate of drug-likeness (QED) is 0.0712. The van der Waals surface area contributed by atoms with Crippen LogP contribution in [0.15, 0.2) is 0 Å². The van der Waals surface area contributed by atoms with Gasteiger partial charge in [-0.15, -0.1) is 0 Å². The molecule has 0 saturated heterocycles. The molecule has 0 aliphatic rings. The number of aliphatic carboxylic acids is 1. The SMILES string of the molecule is CCCCCCCCCCCCCCCCCC(=O)OC(C)OC(=O)NCCCC(N)(C(=O)O)C(F)F. The van der Waals surface area contributed by atoms with Crippen molar-refractivity contribution >= 4 is 18.0 Å². The van der Waals surface area contributed by atoms with Crippen LogP contribution in [0, 0.1) is 0 Å². The van der Waals surface area contributed by atoms with Crippen LogP contribution in [0.25, 0.3) is 0 Å². The molecule has 0 heterocycles. The Morgan fingerprint density at radius 1 is 0.811 bits per heavy atom. The van der Waals surface area contributed by atoms with Crippen molar-refractivity contribution < 1.29 is 37.7 Å². The third-order valence-electron chi connectivity index (χ3n) is 6.38. The molecule has 1 amide bonds. The molecule has 0 bridgehead atoms. The molecule has 0 radical (unpaired) electrons. The van der Waals surface area contributed by atoms with Crippen LogP contribution in [0.2, 0.25) is 0 Å². The van der Waals surface area contributed by atoms with Crippen LogP contribution in [0.1, 0.15) is 129 Å². The third-order valence-corrected chi connectivity index (χ3v) is 6.38. The van der Waals surface area contributed by atoms with Crippen LogP contribution >= 0.6 is 0 Å². The molecular formula is C27H50F2N2O6. The van der Waals surface area contributed by atoms with Gasteiger partial charge in [-0.2, -0.15) is 0 Å². The normalized spacial score (nSPS) is 13.7. The molecule has 0 aliphatic heterocycles. The summed E-state index contributed by atoms with van der Waals surface area (Å²) in [7, 11) is 0. The fraction of sp³-hybridized carbons (Fsp3) is 0.889. The van der Waals surface area contributed by atoms with E-state index in [-0.39, 0.29) is 19.4 Å². The van der Waals surface area contributed by atoms with Crippen LogP contribution in [-0.2, 0) is 19.1 Å². The molecular weight excluding hydrogens is 486 g/mol. The van der Waals surface area contributed by atoms with Crippen LogP contribution in [0.4, 0.5) is 13.6 Å². The molecule has 0 aliphatic carbocycles. The lowest BCUT2D eigenvalue weighted by atomic mass is 9.95. The Labute approximate surface area is 221 Å². The van der Waals surface area contributed by atoms with Crippen LogP contribution < -0.4 is 11.1 Å². The highest BCUT2D eigenvalue weighted by Gasteiger charge is 2.43. The van der Waals surface area contributed by atoms with E-state index in [4.69, 9.17) is 20.3 Å². The number of carbonyl (C=O) groups excluding carboxylic acids is 2. The standard InChI is InChI=1S/C27H50F2N2O6/c1-3-4-5-6-7-8-9-10-11-12-13-14-15-16-17-19-23(32)36-22(2)37-26(35)31-21-18-20-27(30,24(28)29)25(33)34/h22,24H,3-21,30H2,1-2H3,(H,31,35)(H,33,34). The number of carbonyl (C=O) groups is 3. The Balaban J connectivity index is 3.65. The van der Waals surface area contributed by atoms with Crippen molar-refractivity contribution in [2.45, 2.75) is 148 Å². The Hall–Kier alpha value is -1.97. The van der Waals surface area contributed by atoms with Crippen molar-refractivity contribution in [1.29, 1.82) is 0 Å². The van der Waals surface area contributed by atoms with E-state index >= 15 is 0 Å². The number of alkyl carbamates (subject to hydrolysis) is 1.